The number of sulfone groups is 1. The summed E-state index contributed by atoms with van der Waals surface area (Å²) in [5.74, 6) is 0.131. The van der Waals surface area contributed by atoms with Gasteiger partial charge in [-0.05, 0) is 11.6 Å². The van der Waals surface area contributed by atoms with Crippen LogP contribution in [0.15, 0.2) is 24.5 Å². The van der Waals surface area contributed by atoms with Crippen molar-refractivity contribution in [3.63, 3.8) is 0 Å². The number of aromatic nitrogens is 1. The smallest absolute Gasteiger partial charge is 0.224 e. The van der Waals surface area contributed by atoms with Crippen molar-refractivity contribution in [1.29, 1.82) is 0 Å². The van der Waals surface area contributed by atoms with Crippen LogP contribution in [-0.4, -0.2) is 55.3 Å². The molecule has 0 aromatic carbocycles. The van der Waals surface area contributed by atoms with Crippen LogP contribution in [0.25, 0.3) is 0 Å². The minimum absolute atomic E-state index is 0.0411. The molecular formula is C13H19N3O3S. The van der Waals surface area contributed by atoms with Crippen molar-refractivity contribution in [3.8, 4) is 0 Å². The summed E-state index contributed by atoms with van der Waals surface area (Å²) in [6.45, 7) is 0.902. The zero-order valence-corrected chi connectivity index (χ0v) is 12.3. The molecule has 1 atom stereocenters. The summed E-state index contributed by atoms with van der Waals surface area (Å²) in [5.41, 5.74) is 0.951. The summed E-state index contributed by atoms with van der Waals surface area (Å²) in [5, 5.41) is 3.09. The average molecular weight is 297 g/mol. The molecule has 0 bridgehead atoms. The van der Waals surface area contributed by atoms with Crippen molar-refractivity contribution in [2.24, 2.45) is 0 Å². The third-order valence-corrected chi connectivity index (χ3v) is 5.03. The van der Waals surface area contributed by atoms with Gasteiger partial charge in [0.05, 0.1) is 11.5 Å². The Kier molecular flexibility index (Phi) is 4.72. The Hall–Kier alpha value is -1.47. The molecule has 1 aromatic heterocycles. The summed E-state index contributed by atoms with van der Waals surface area (Å²) in [7, 11) is -1.29. The molecule has 20 heavy (non-hydrogen) atoms. The van der Waals surface area contributed by atoms with Crippen LogP contribution in [0, 0.1) is 0 Å². The van der Waals surface area contributed by atoms with E-state index < -0.39 is 9.84 Å². The molecule has 1 fully saturated rings. The Morgan fingerprint density at radius 3 is 3.00 bits per heavy atom. The van der Waals surface area contributed by atoms with Gasteiger partial charge in [-0.1, -0.05) is 6.07 Å². The van der Waals surface area contributed by atoms with E-state index in [9.17, 15) is 13.2 Å². The van der Waals surface area contributed by atoms with Crippen LogP contribution in [0.1, 0.15) is 12.0 Å². The summed E-state index contributed by atoms with van der Waals surface area (Å²) < 4.78 is 23.1. The van der Waals surface area contributed by atoms with Gasteiger partial charge in [0, 0.05) is 45.0 Å². The first kappa shape index (κ1) is 14.9. The van der Waals surface area contributed by atoms with Crippen LogP contribution in [0.2, 0.25) is 0 Å². The second-order valence-corrected chi connectivity index (χ2v) is 7.31. The number of nitrogens with zero attached hydrogens (tertiary/aromatic N) is 2. The third kappa shape index (κ3) is 4.28. The van der Waals surface area contributed by atoms with Gasteiger partial charge < -0.3 is 10.2 Å². The van der Waals surface area contributed by atoms with Gasteiger partial charge >= 0.3 is 0 Å². The summed E-state index contributed by atoms with van der Waals surface area (Å²) in [6.07, 6.45) is 3.60. The Balaban J connectivity index is 1.88. The van der Waals surface area contributed by atoms with Gasteiger partial charge in [-0.25, -0.2) is 8.42 Å². The molecule has 1 N–H and O–H groups in total. The fourth-order valence-electron chi connectivity index (χ4n) is 2.22. The van der Waals surface area contributed by atoms with Crippen molar-refractivity contribution >= 4 is 15.7 Å². The largest absolute Gasteiger partial charge is 0.341 e. The second kappa shape index (κ2) is 6.32. The van der Waals surface area contributed by atoms with Gasteiger partial charge in [-0.15, -0.1) is 0 Å². The minimum Gasteiger partial charge on any atom is -0.341 e. The monoisotopic (exact) mass is 297 g/mol. The van der Waals surface area contributed by atoms with Crippen LogP contribution in [0.5, 0.6) is 0 Å². The Labute approximate surface area is 119 Å². The lowest BCUT2D eigenvalue weighted by molar-refractivity contribution is -0.130. The Morgan fingerprint density at radius 1 is 1.55 bits per heavy atom. The van der Waals surface area contributed by atoms with E-state index in [0.29, 0.717) is 13.1 Å². The topological polar surface area (TPSA) is 79.4 Å². The summed E-state index contributed by atoms with van der Waals surface area (Å²) in [6, 6.07) is 3.45. The highest BCUT2D eigenvalue weighted by Crippen LogP contribution is 2.08. The molecule has 1 aromatic rings. The zero-order valence-electron chi connectivity index (χ0n) is 11.4. The highest BCUT2D eigenvalue weighted by Gasteiger charge is 2.26. The summed E-state index contributed by atoms with van der Waals surface area (Å²) in [4.78, 5) is 17.7. The van der Waals surface area contributed by atoms with Gasteiger partial charge in [0.2, 0.25) is 5.91 Å². The number of rotatable bonds is 4. The number of carbonyl (C=O) groups is 1. The Morgan fingerprint density at radius 2 is 2.35 bits per heavy atom. The van der Waals surface area contributed by atoms with Gasteiger partial charge in [0.1, 0.15) is 0 Å². The quantitative estimate of drug-likeness (QED) is 0.834. The average Bonchev–Trinajstić information content (AvgIpc) is 2.38. The van der Waals surface area contributed by atoms with Crippen molar-refractivity contribution in [2.45, 2.75) is 19.0 Å². The maximum Gasteiger partial charge on any atom is 0.224 e. The highest BCUT2D eigenvalue weighted by atomic mass is 32.2. The van der Waals surface area contributed by atoms with E-state index in [-0.39, 0.29) is 29.9 Å². The fraction of sp³-hybridized carbons (Fsp3) is 0.538. The first-order valence-corrected chi connectivity index (χ1v) is 8.35. The SMILES string of the molecule is CN(Cc1cccnc1)C(=O)CC1CS(=O)(=O)CCN1. The van der Waals surface area contributed by atoms with Crippen molar-refractivity contribution in [3.05, 3.63) is 30.1 Å². The predicted octanol–water partition coefficient (Wildman–Crippen LogP) is -0.183. The molecular weight excluding hydrogens is 278 g/mol. The van der Waals surface area contributed by atoms with Crippen molar-refractivity contribution in [1.82, 2.24) is 15.2 Å². The highest BCUT2D eigenvalue weighted by molar-refractivity contribution is 7.91. The minimum atomic E-state index is -3.01. The third-order valence-electron chi connectivity index (χ3n) is 3.29. The number of hydrogen-bond donors (Lipinski definition) is 1. The number of nitrogens with one attached hydrogen (secondary N) is 1. The predicted molar refractivity (Wildman–Crippen MR) is 75.8 cm³/mol. The van der Waals surface area contributed by atoms with E-state index in [1.54, 1.807) is 24.3 Å². The first-order chi connectivity index (χ1) is 9.46. The molecule has 1 amide bonds. The molecule has 0 aliphatic carbocycles. The number of amides is 1. The maximum absolute atomic E-state index is 12.1. The molecule has 1 unspecified atom stereocenters. The van der Waals surface area contributed by atoms with E-state index in [0.717, 1.165) is 5.56 Å². The second-order valence-electron chi connectivity index (χ2n) is 5.08. The van der Waals surface area contributed by atoms with E-state index in [2.05, 4.69) is 10.3 Å². The van der Waals surface area contributed by atoms with E-state index in [1.807, 2.05) is 12.1 Å². The molecule has 1 aliphatic heterocycles. The van der Waals surface area contributed by atoms with E-state index in [1.165, 1.54) is 0 Å². The first-order valence-electron chi connectivity index (χ1n) is 6.53. The molecule has 1 saturated heterocycles. The van der Waals surface area contributed by atoms with Gasteiger partial charge in [-0.3, -0.25) is 9.78 Å². The molecule has 0 radical (unpaired) electrons. The van der Waals surface area contributed by atoms with Crippen LogP contribution < -0.4 is 5.32 Å². The van der Waals surface area contributed by atoms with E-state index in [4.69, 9.17) is 0 Å². The van der Waals surface area contributed by atoms with Gasteiger partial charge in [-0.2, -0.15) is 0 Å². The van der Waals surface area contributed by atoms with Crippen molar-refractivity contribution < 1.29 is 13.2 Å². The number of hydrogen-bond acceptors (Lipinski definition) is 5. The van der Waals surface area contributed by atoms with Gasteiger partial charge in [0.15, 0.2) is 9.84 Å². The van der Waals surface area contributed by atoms with Crippen LogP contribution in [0.4, 0.5) is 0 Å². The van der Waals surface area contributed by atoms with Gasteiger partial charge in [0.25, 0.3) is 0 Å². The molecule has 6 nitrogen and oxygen atoms in total. The number of pyridine rings is 1. The molecule has 2 heterocycles. The fourth-order valence-corrected chi connectivity index (χ4v) is 3.66. The molecule has 1 aliphatic rings. The maximum atomic E-state index is 12.1. The molecule has 0 spiro atoms. The van der Waals surface area contributed by atoms with Crippen LogP contribution in [-0.2, 0) is 21.2 Å². The van der Waals surface area contributed by atoms with Crippen molar-refractivity contribution in [2.75, 3.05) is 25.1 Å². The normalized spacial score (nSPS) is 21.4. The lowest BCUT2D eigenvalue weighted by Crippen LogP contribution is -2.47. The lowest BCUT2D eigenvalue weighted by Gasteiger charge is -2.25. The standard InChI is InChI=1S/C13H19N3O3S/c1-16(9-11-3-2-4-14-8-11)13(17)7-12-10-20(18,19)6-5-15-12/h2-4,8,12,15H,5-7,9-10H2,1H3. The molecule has 0 saturated carbocycles. The Bertz CT molecular complexity index is 559. The number of carbonyl (C=O) groups excluding carboxylic acids is 1. The summed E-state index contributed by atoms with van der Waals surface area (Å²) >= 11 is 0. The molecule has 110 valence electrons. The zero-order chi connectivity index (χ0) is 14.6. The van der Waals surface area contributed by atoms with Crippen LogP contribution >= 0.6 is 0 Å². The molecule has 2 rings (SSSR count). The molecule has 7 heteroatoms. The lowest BCUT2D eigenvalue weighted by atomic mass is 10.2. The van der Waals surface area contributed by atoms with Crippen LogP contribution in [0.3, 0.4) is 0 Å². The van der Waals surface area contributed by atoms with E-state index >= 15 is 0 Å².